The number of fused-ring (bicyclic) bond motifs is 2. The van der Waals surface area contributed by atoms with Gasteiger partial charge in [-0.05, 0) is 110 Å². The predicted molar refractivity (Wildman–Crippen MR) is 161 cm³/mol. The van der Waals surface area contributed by atoms with Crippen LogP contribution in [0.2, 0.25) is 0 Å². The van der Waals surface area contributed by atoms with E-state index in [1.165, 1.54) is 70.6 Å². The highest BCUT2D eigenvalue weighted by molar-refractivity contribution is 6.05. The fraction of sp³-hybridized carbons (Fsp3) is 0.588. The molecule has 0 N–H and O–H groups in total. The Hall–Kier alpha value is -2.30. The quantitative estimate of drug-likeness (QED) is 0.375. The Balaban J connectivity index is 1.51. The van der Waals surface area contributed by atoms with Crippen LogP contribution in [-0.2, 0) is 4.74 Å². The fourth-order valence-corrected chi connectivity index (χ4v) is 6.70. The van der Waals surface area contributed by atoms with Crippen molar-refractivity contribution in [3.63, 3.8) is 0 Å². The highest BCUT2D eigenvalue weighted by Gasteiger charge is 2.30. The normalized spacial score (nSPS) is 26.8. The van der Waals surface area contributed by atoms with Gasteiger partial charge in [0.2, 0.25) is 0 Å². The van der Waals surface area contributed by atoms with E-state index in [0.29, 0.717) is 23.9 Å². The van der Waals surface area contributed by atoms with E-state index < -0.39 is 0 Å². The molecule has 2 bridgehead atoms. The van der Waals surface area contributed by atoms with Gasteiger partial charge in [0.15, 0.2) is 0 Å². The van der Waals surface area contributed by atoms with E-state index in [0.717, 1.165) is 45.3 Å². The summed E-state index contributed by atoms with van der Waals surface area (Å²) >= 11 is 0. The first-order valence-electron chi connectivity index (χ1n) is 15.1. The number of piperidine rings is 1. The van der Waals surface area contributed by atoms with E-state index in [4.69, 9.17) is 4.74 Å². The summed E-state index contributed by atoms with van der Waals surface area (Å²) in [6.45, 7) is 15.9. The lowest BCUT2D eigenvalue weighted by Gasteiger charge is -2.41. The summed E-state index contributed by atoms with van der Waals surface area (Å²) in [5, 5.41) is 0. The van der Waals surface area contributed by atoms with Gasteiger partial charge in [0.1, 0.15) is 6.34 Å². The highest BCUT2D eigenvalue weighted by atomic mass is 16.5. The average Bonchev–Trinajstić information content (AvgIpc) is 2.92. The van der Waals surface area contributed by atoms with E-state index in [1.807, 2.05) is 0 Å². The van der Waals surface area contributed by atoms with Crippen molar-refractivity contribution in [2.75, 3.05) is 26.3 Å². The zero-order valence-electron chi connectivity index (χ0n) is 24.3. The molecule has 0 amide bonds. The lowest BCUT2D eigenvalue weighted by molar-refractivity contribution is -0.0712. The number of benzene rings is 1. The van der Waals surface area contributed by atoms with Crippen LogP contribution in [0.4, 0.5) is 0 Å². The summed E-state index contributed by atoms with van der Waals surface area (Å²) in [5.41, 5.74) is 11.3. The van der Waals surface area contributed by atoms with Crippen molar-refractivity contribution in [1.29, 1.82) is 0 Å². The Bertz CT molecular complexity index is 1160. The number of hydrogen-bond acceptors (Lipinski definition) is 4. The van der Waals surface area contributed by atoms with Gasteiger partial charge >= 0.3 is 0 Å². The van der Waals surface area contributed by atoms with Crippen LogP contribution in [-0.4, -0.2) is 55.3 Å². The summed E-state index contributed by atoms with van der Waals surface area (Å²) < 4.78 is 5.45. The lowest BCUT2D eigenvalue weighted by atomic mass is 9.80. The molecule has 2 fully saturated rings. The maximum atomic E-state index is 5.45. The molecule has 1 atom stereocenters. The van der Waals surface area contributed by atoms with E-state index in [1.54, 1.807) is 6.34 Å². The van der Waals surface area contributed by atoms with Crippen molar-refractivity contribution in [2.45, 2.75) is 97.6 Å². The number of likely N-dealkylation sites (tertiary alicyclic amines) is 1. The molecule has 3 aliphatic heterocycles. The standard InChI is InChI=1S/C34H47N3O/c1-6-8-31(28-9-7-10-29-19-33(25(5)17-28)36-22-35-29)34(23(2)3)32-18-27(12-11-24(32)4)26-13-15-37(16-14-26)30-20-38-21-30/h9,11-12,17-18,22-23,26,29-30H,6-8,10,13-16,19-21H2,1-5H3/b25-17-,28-9+,34-31+. The highest BCUT2D eigenvalue weighted by Crippen LogP contribution is 2.39. The molecule has 0 radical (unpaired) electrons. The van der Waals surface area contributed by atoms with Crippen LogP contribution < -0.4 is 0 Å². The molecule has 1 aliphatic carbocycles. The van der Waals surface area contributed by atoms with Gasteiger partial charge in [-0.15, -0.1) is 0 Å². The van der Waals surface area contributed by atoms with Gasteiger partial charge in [-0.3, -0.25) is 9.89 Å². The molecule has 0 saturated carbocycles. The Morgan fingerprint density at radius 1 is 1.11 bits per heavy atom. The number of nitrogens with zero attached hydrogens (tertiary/aromatic N) is 3. The van der Waals surface area contributed by atoms with Crippen molar-refractivity contribution in [2.24, 2.45) is 15.9 Å². The molecule has 1 aromatic carbocycles. The fourth-order valence-electron chi connectivity index (χ4n) is 6.70. The van der Waals surface area contributed by atoms with Crippen LogP contribution in [0.3, 0.4) is 0 Å². The topological polar surface area (TPSA) is 37.2 Å². The number of aryl methyl sites for hydroxylation is 1. The van der Waals surface area contributed by atoms with Gasteiger partial charge in [-0.1, -0.05) is 57.5 Å². The smallest absolute Gasteiger partial charge is 0.110 e. The molecule has 38 heavy (non-hydrogen) atoms. The van der Waals surface area contributed by atoms with E-state index in [-0.39, 0.29) is 0 Å². The molecule has 0 aromatic heterocycles. The van der Waals surface area contributed by atoms with E-state index in [9.17, 15) is 0 Å². The number of allylic oxidation sites excluding steroid dienone is 6. The minimum absolute atomic E-state index is 0.367. The first-order valence-corrected chi connectivity index (χ1v) is 15.1. The van der Waals surface area contributed by atoms with Crippen molar-refractivity contribution in [3.8, 4) is 0 Å². The summed E-state index contributed by atoms with van der Waals surface area (Å²) in [6.07, 6.45) is 14.6. The molecular formula is C34H47N3O. The first kappa shape index (κ1) is 27.3. The van der Waals surface area contributed by atoms with Gasteiger partial charge < -0.3 is 4.74 Å². The average molecular weight is 514 g/mol. The molecular weight excluding hydrogens is 466 g/mol. The zero-order valence-corrected chi connectivity index (χ0v) is 24.3. The third kappa shape index (κ3) is 5.97. The summed E-state index contributed by atoms with van der Waals surface area (Å²) in [6, 6.07) is 8.38. The zero-order chi connectivity index (χ0) is 26.6. The van der Waals surface area contributed by atoms with Crippen molar-refractivity contribution in [3.05, 3.63) is 63.8 Å². The summed E-state index contributed by atoms with van der Waals surface area (Å²) in [4.78, 5) is 11.9. The van der Waals surface area contributed by atoms with Crippen LogP contribution in [0.15, 0.2) is 57.1 Å². The second-order valence-corrected chi connectivity index (χ2v) is 12.1. The van der Waals surface area contributed by atoms with Crippen molar-refractivity contribution >= 4 is 17.6 Å². The molecule has 1 unspecified atom stereocenters. The molecule has 5 rings (SSSR count). The number of ether oxygens (including phenoxy) is 1. The van der Waals surface area contributed by atoms with E-state index in [2.05, 4.69) is 79.9 Å². The number of aliphatic imine (C=N–C) groups is 2. The maximum absolute atomic E-state index is 5.45. The number of rotatable bonds is 7. The SMILES string of the molecule is CCCC(/C1=C/CCC2CC(=NC=N2)/C(C)=C\1)=C(\c1cc(C2CCN(C3COC3)CC2)ccc1C)C(C)C. The summed E-state index contributed by atoms with van der Waals surface area (Å²) in [5.74, 6) is 1.10. The monoisotopic (exact) mass is 513 g/mol. The Kier molecular flexibility index (Phi) is 8.80. The molecule has 1 aromatic rings. The molecule has 3 heterocycles. The van der Waals surface area contributed by atoms with Crippen LogP contribution >= 0.6 is 0 Å². The largest absolute Gasteiger partial charge is 0.378 e. The van der Waals surface area contributed by atoms with Gasteiger partial charge in [-0.2, -0.15) is 0 Å². The minimum atomic E-state index is 0.367. The predicted octanol–water partition coefficient (Wildman–Crippen LogP) is 7.69. The van der Waals surface area contributed by atoms with E-state index >= 15 is 0 Å². The molecule has 204 valence electrons. The Morgan fingerprint density at radius 2 is 1.89 bits per heavy atom. The molecule has 0 spiro atoms. The van der Waals surface area contributed by atoms with Crippen LogP contribution in [0.5, 0.6) is 0 Å². The Labute approximate surface area is 230 Å². The third-order valence-electron chi connectivity index (χ3n) is 9.05. The first-order chi connectivity index (χ1) is 18.4. The second kappa shape index (κ2) is 12.3. The van der Waals surface area contributed by atoms with Gasteiger partial charge in [-0.25, -0.2) is 4.99 Å². The maximum Gasteiger partial charge on any atom is 0.110 e. The Morgan fingerprint density at radius 3 is 2.58 bits per heavy atom. The van der Waals surface area contributed by atoms with Gasteiger partial charge in [0.25, 0.3) is 0 Å². The van der Waals surface area contributed by atoms with Gasteiger partial charge in [0.05, 0.1) is 25.3 Å². The molecule has 4 aliphatic rings. The third-order valence-corrected chi connectivity index (χ3v) is 9.05. The van der Waals surface area contributed by atoms with Crippen LogP contribution in [0.1, 0.15) is 95.2 Å². The van der Waals surface area contributed by atoms with Crippen molar-refractivity contribution in [1.82, 2.24) is 4.90 Å². The molecule has 4 heteroatoms. The van der Waals surface area contributed by atoms with Crippen LogP contribution in [0, 0.1) is 12.8 Å². The van der Waals surface area contributed by atoms with Gasteiger partial charge in [0, 0.05) is 12.1 Å². The summed E-state index contributed by atoms with van der Waals surface area (Å²) in [7, 11) is 0. The molecule has 4 nitrogen and oxygen atoms in total. The lowest BCUT2D eigenvalue weighted by Crippen LogP contribution is -2.51. The minimum Gasteiger partial charge on any atom is -0.378 e. The molecule has 2 saturated heterocycles. The second-order valence-electron chi connectivity index (χ2n) is 12.1. The number of hydrogen-bond donors (Lipinski definition) is 0. The van der Waals surface area contributed by atoms with Crippen molar-refractivity contribution < 1.29 is 4.74 Å². The van der Waals surface area contributed by atoms with Crippen LogP contribution in [0.25, 0.3) is 5.57 Å².